The van der Waals surface area contributed by atoms with Crippen molar-refractivity contribution in [3.05, 3.63) is 45.9 Å². The summed E-state index contributed by atoms with van der Waals surface area (Å²) in [6.07, 6.45) is 0.721. The van der Waals surface area contributed by atoms with Crippen molar-refractivity contribution in [2.45, 2.75) is 25.9 Å². The van der Waals surface area contributed by atoms with Crippen molar-refractivity contribution in [3.63, 3.8) is 0 Å². The average molecular weight is 277 g/mol. The number of nitrogens with zero attached hydrogens (tertiary/aromatic N) is 3. The van der Waals surface area contributed by atoms with Crippen LogP contribution in [0.15, 0.2) is 30.3 Å². The van der Waals surface area contributed by atoms with Gasteiger partial charge in [0.05, 0.1) is 6.54 Å². The molecular weight excluding hydrogens is 258 g/mol. The van der Waals surface area contributed by atoms with E-state index in [0.29, 0.717) is 0 Å². The van der Waals surface area contributed by atoms with Gasteiger partial charge in [0.15, 0.2) is 0 Å². The standard InChI is InChI=1S/C14H19N3OS/c1-11-15-16-14(19-11)10-17(2)13(8-9-18)12-6-4-3-5-7-12/h3-7,13,18H,8-10H2,1-2H3. The third-order valence-electron chi connectivity index (χ3n) is 3.07. The number of hydrogen-bond donors (Lipinski definition) is 1. The van der Waals surface area contributed by atoms with E-state index in [1.54, 1.807) is 11.3 Å². The molecular formula is C14H19N3OS. The highest BCUT2D eigenvalue weighted by Crippen LogP contribution is 2.24. The van der Waals surface area contributed by atoms with Crippen LogP contribution in [0, 0.1) is 6.92 Å². The van der Waals surface area contributed by atoms with Gasteiger partial charge in [0, 0.05) is 12.6 Å². The predicted octanol–water partition coefficient (Wildman–Crippen LogP) is 2.40. The number of rotatable bonds is 6. The van der Waals surface area contributed by atoms with E-state index in [9.17, 15) is 5.11 Å². The van der Waals surface area contributed by atoms with E-state index in [0.717, 1.165) is 23.0 Å². The topological polar surface area (TPSA) is 49.2 Å². The van der Waals surface area contributed by atoms with E-state index < -0.39 is 0 Å². The van der Waals surface area contributed by atoms with E-state index in [-0.39, 0.29) is 12.6 Å². The molecule has 0 aliphatic rings. The van der Waals surface area contributed by atoms with E-state index in [1.807, 2.05) is 25.1 Å². The third-order valence-corrected chi connectivity index (χ3v) is 3.89. The monoisotopic (exact) mass is 277 g/mol. The lowest BCUT2D eigenvalue weighted by atomic mass is 10.0. The lowest BCUT2D eigenvalue weighted by Gasteiger charge is -2.27. The molecule has 1 aromatic carbocycles. The van der Waals surface area contributed by atoms with Crippen molar-refractivity contribution >= 4 is 11.3 Å². The van der Waals surface area contributed by atoms with Gasteiger partial charge < -0.3 is 5.11 Å². The van der Waals surface area contributed by atoms with Crippen LogP contribution in [0.2, 0.25) is 0 Å². The summed E-state index contributed by atoms with van der Waals surface area (Å²) in [5, 5.41) is 19.5. The first kappa shape index (κ1) is 14.1. The van der Waals surface area contributed by atoms with Gasteiger partial charge in [-0.3, -0.25) is 4.90 Å². The molecule has 1 unspecified atom stereocenters. The molecule has 0 saturated heterocycles. The summed E-state index contributed by atoms with van der Waals surface area (Å²) in [6, 6.07) is 10.5. The molecule has 5 heteroatoms. The zero-order chi connectivity index (χ0) is 13.7. The van der Waals surface area contributed by atoms with Gasteiger partial charge in [-0.25, -0.2) is 0 Å². The minimum absolute atomic E-state index is 0.180. The summed E-state index contributed by atoms with van der Waals surface area (Å²) in [7, 11) is 2.06. The van der Waals surface area contributed by atoms with Crippen LogP contribution in [0.1, 0.15) is 28.0 Å². The second kappa shape index (κ2) is 6.75. The molecule has 1 aromatic heterocycles. The van der Waals surface area contributed by atoms with Crippen LogP contribution in [0.25, 0.3) is 0 Å². The molecule has 0 spiro atoms. The van der Waals surface area contributed by atoms with Gasteiger partial charge in [0.1, 0.15) is 10.0 Å². The quantitative estimate of drug-likeness (QED) is 0.881. The van der Waals surface area contributed by atoms with E-state index >= 15 is 0 Å². The SMILES string of the molecule is Cc1nnc(CN(C)C(CCO)c2ccccc2)s1. The van der Waals surface area contributed by atoms with E-state index in [2.05, 4.69) is 34.3 Å². The van der Waals surface area contributed by atoms with Gasteiger partial charge in [-0.15, -0.1) is 21.5 Å². The Bertz CT molecular complexity index is 500. The molecule has 2 rings (SSSR count). The first-order valence-corrected chi connectivity index (χ1v) is 7.17. The summed E-state index contributed by atoms with van der Waals surface area (Å²) in [4.78, 5) is 2.21. The molecule has 1 heterocycles. The molecule has 0 amide bonds. The average Bonchev–Trinajstić information content (AvgIpc) is 2.82. The van der Waals surface area contributed by atoms with E-state index in [1.165, 1.54) is 5.56 Å². The molecule has 0 aliphatic heterocycles. The molecule has 0 saturated carbocycles. The summed E-state index contributed by atoms with van der Waals surface area (Å²) < 4.78 is 0. The highest BCUT2D eigenvalue weighted by atomic mass is 32.1. The Kier molecular flexibility index (Phi) is 5.01. The Morgan fingerprint density at radius 1 is 1.26 bits per heavy atom. The molecule has 0 aliphatic carbocycles. The minimum Gasteiger partial charge on any atom is -0.396 e. The fourth-order valence-electron chi connectivity index (χ4n) is 2.16. The lowest BCUT2D eigenvalue weighted by Crippen LogP contribution is -2.25. The Labute approximate surface area is 117 Å². The molecule has 4 nitrogen and oxygen atoms in total. The second-order valence-corrected chi connectivity index (χ2v) is 5.83. The molecule has 102 valence electrons. The molecule has 1 atom stereocenters. The summed E-state index contributed by atoms with van der Waals surface area (Å²) in [6.45, 7) is 2.90. The summed E-state index contributed by atoms with van der Waals surface area (Å²) in [5.41, 5.74) is 1.22. The van der Waals surface area contributed by atoms with Crippen molar-refractivity contribution in [3.8, 4) is 0 Å². The lowest BCUT2D eigenvalue weighted by molar-refractivity contribution is 0.179. The van der Waals surface area contributed by atoms with Crippen LogP contribution >= 0.6 is 11.3 Å². The van der Waals surface area contributed by atoms with E-state index in [4.69, 9.17) is 0 Å². The second-order valence-electron chi connectivity index (χ2n) is 4.57. The molecule has 0 fully saturated rings. The highest BCUT2D eigenvalue weighted by molar-refractivity contribution is 7.11. The van der Waals surface area contributed by atoms with Crippen molar-refractivity contribution in [2.24, 2.45) is 0 Å². The minimum atomic E-state index is 0.180. The smallest absolute Gasteiger partial charge is 0.131 e. The normalized spacial score (nSPS) is 12.8. The number of aryl methyl sites for hydroxylation is 1. The maximum atomic E-state index is 9.27. The first-order chi connectivity index (χ1) is 9.20. The Morgan fingerprint density at radius 2 is 2.00 bits per heavy atom. The van der Waals surface area contributed by atoms with Crippen LogP contribution < -0.4 is 0 Å². The molecule has 2 aromatic rings. The van der Waals surface area contributed by atoms with Crippen LogP contribution in [0.3, 0.4) is 0 Å². The maximum absolute atomic E-state index is 9.27. The largest absolute Gasteiger partial charge is 0.396 e. The predicted molar refractivity (Wildman–Crippen MR) is 77.0 cm³/mol. The Hall–Kier alpha value is -1.30. The Balaban J connectivity index is 2.10. The molecule has 0 bridgehead atoms. The fraction of sp³-hybridized carbons (Fsp3) is 0.429. The zero-order valence-electron chi connectivity index (χ0n) is 11.3. The third kappa shape index (κ3) is 3.83. The van der Waals surface area contributed by atoms with Crippen LogP contribution in [-0.4, -0.2) is 33.9 Å². The highest BCUT2D eigenvalue weighted by Gasteiger charge is 2.17. The zero-order valence-corrected chi connectivity index (χ0v) is 12.1. The van der Waals surface area contributed by atoms with Crippen molar-refractivity contribution < 1.29 is 5.11 Å². The molecule has 19 heavy (non-hydrogen) atoms. The Morgan fingerprint density at radius 3 is 2.58 bits per heavy atom. The number of aliphatic hydroxyl groups is 1. The van der Waals surface area contributed by atoms with Gasteiger partial charge in [0.2, 0.25) is 0 Å². The number of aliphatic hydroxyl groups excluding tert-OH is 1. The van der Waals surface area contributed by atoms with Crippen molar-refractivity contribution in [2.75, 3.05) is 13.7 Å². The molecule has 1 N–H and O–H groups in total. The van der Waals surface area contributed by atoms with Crippen LogP contribution in [0.5, 0.6) is 0 Å². The van der Waals surface area contributed by atoms with Crippen LogP contribution in [0.4, 0.5) is 0 Å². The van der Waals surface area contributed by atoms with Gasteiger partial charge >= 0.3 is 0 Å². The van der Waals surface area contributed by atoms with Gasteiger partial charge in [0.25, 0.3) is 0 Å². The van der Waals surface area contributed by atoms with Gasteiger partial charge in [-0.05, 0) is 26.0 Å². The summed E-state index contributed by atoms with van der Waals surface area (Å²) >= 11 is 1.62. The van der Waals surface area contributed by atoms with Crippen molar-refractivity contribution in [1.82, 2.24) is 15.1 Å². The number of aromatic nitrogens is 2. The molecule has 0 radical (unpaired) electrons. The fourth-order valence-corrected chi connectivity index (χ4v) is 2.94. The van der Waals surface area contributed by atoms with Crippen LogP contribution in [-0.2, 0) is 6.54 Å². The van der Waals surface area contributed by atoms with Crippen molar-refractivity contribution in [1.29, 1.82) is 0 Å². The number of hydrogen-bond acceptors (Lipinski definition) is 5. The number of benzene rings is 1. The first-order valence-electron chi connectivity index (χ1n) is 6.35. The van der Waals surface area contributed by atoms with Gasteiger partial charge in [-0.2, -0.15) is 0 Å². The maximum Gasteiger partial charge on any atom is 0.131 e. The van der Waals surface area contributed by atoms with Gasteiger partial charge in [-0.1, -0.05) is 30.3 Å². The summed E-state index contributed by atoms with van der Waals surface area (Å²) in [5.74, 6) is 0.